The summed E-state index contributed by atoms with van der Waals surface area (Å²) in [7, 11) is 0. The van der Waals surface area contributed by atoms with E-state index in [1.807, 2.05) is 0 Å². The van der Waals surface area contributed by atoms with Crippen molar-refractivity contribution >= 4 is 17.8 Å². The van der Waals surface area contributed by atoms with Gasteiger partial charge in [-0.25, -0.2) is 4.79 Å². The van der Waals surface area contributed by atoms with Crippen molar-refractivity contribution in [1.82, 2.24) is 5.06 Å². The number of nitrogens with zero attached hydrogens (tertiary/aromatic N) is 1. The van der Waals surface area contributed by atoms with E-state index >= 15 is 0 Å². The van der Waals surface area contributed by atoms with Crippen molar-refractivity contribution in [1.29, 1.82) is 0 Å². The smallest absolute Gasteiger partial charge is 0.333 e. The largest absolute Gasteiger partial charge is 0.393 e. The van der Waals surface area contributed by atoms with Gasteiger partial charge in [0.15, 0.2) is 0 Å². The fourth-order valence-electron chi connectivity index (χ4n) is 9.53. The van der Waals surface area contributed by atoms with Gasteiger partial charge in [0.1, 0.15) is 0 Å². The van der Waals surface area contributed by atoms with E-state index in [1.165, 1.54) is 0 Å². The molecule has 1 saturated heterocycles. The second kappa shape index (κ2) is 9.13. The van der Waals surface area contributed by atoms with Crippen LogP contribution in [0.5, 0.6) is 0 Å². The van der Waals surface area contributed by atoms with E-state index in [4.69, 9.17) is 4.84 Å². The van der Waals surface area contributed by atoms with Gasteiger partial charge in [-0.15, -0.1) is 5.06 Å². The van der Waals surface area contributed by atoms with Gasteiger partial charge in [0, 0.05) is 19.3 Å². The van der Waals surface area contributed by atoms with E-state index in [-0.39, 0.29) is 42.3 Å². The van der Waals surface area contributed by atoms with Crippen LogP contribution in [0, 0.1) is 46.3 Å². The lowest BCUT2D eigenvalue weighted by Crippen LogP contribution is -2.58. The number of aliphatic hydroxyl groups excluding tert-OH is 2. The number of rotatable bonds is 5. The maximum absolute atomic E-state index is 12.4. The van der Waals surface area contributed by atoms with E-state index in [0.29, 0.717) is 47.0 Å². The van der Waals surface area contributed by atoms with E-state index in [0.717, 1.165) is 51.4 Å². The van der Waals surface area contributed by atoms with Gasteiger partial charge < -0.3 is 15.1 Å². The average Bonchev–Trinajstić information content (AvgIpc) is 3.32. The molecule has 5 fully saturated rings. The van der Waals surface area contributed by atoms with Crippen molar-refractivity contribution in [2.45, 2.75) is 110 Å². The highest BCUT2D eigenvalue weighted by Gasteiger charge is 2.62. The van der Waals surface area contributed by atoms with Gasteiger partial charge in [0.2, 0.25) is 0 Å². The molecule has 0 aromatic rings. The minimum atomic E-state index is -0.509. The quantitative estimate of drug-likeness (QED) is 0.566. The van der Waals surface area contributed by atoms with Crippen molar-refractivity contribution in [3.8, 4) is 0 Å². The lowest BCUT2D eigenvalue weighted by atomic mass is 9.43. The summed E-state index contributed by atoms with van der Waals surface area (Å²) in [5.74, 6) is 1.21. The number of carbonyl (C=O) groups excluding carboxylic acids is 3. The molecule has 4 saturated carbocycles. The van der Waals surface area contributed by atoms with Crippen molar-refractivity contribution in [3.05, 3.63) is 0 Å². The van der Waals surface area contributed by atoms with Crippen molar-refractivity contribution in [3.63, 3.8) is 0 Å². The monoisotopic (exact) mass is 489 g/mol. The first kappa shape index (κ1) is 25.2. The normalized spacial score (nSPS) is 46.1. The summed E-state index contributed by atoms with van der Waals surface area (Å²) in [4.78, 5) is 40.9. The van der Waals surface area contributed by atoms with Crippen molar-refractivity contribution in [2.75, 3.05) is 0 Å². The van der Waals surface area contributed by atoms with Crippen LogP contribution in [0.3, 0.4) is 0 Å². The molecular formula is C28H43NO6. The number of amides is 2. The maximum Gasteiger partial charge on any atom is 0.333 e. The van der Waals surface area contributed by atoms with Crippen LogP contribution >= 0.6 is 0 Å². The highest BCUT2D eigenvalue weighted by Crippen LogP contribution is 2.68. The van der Waals surface area contributed by atoms with E-state index in [2.05, 4.69) is 20.8 Å². The average molecular weight is 490 g/mol. The molecule has 10 atom stereocenters. The van der Waals surface area contributed by atoms with Crippen LogP contribution in [-0.4, -0.2) is 45.3 Å². The third kappa shape index (κ3) is 4.14. The lowest BCUT2D eigenvalue weighted by Gasteiger charge is -2.62. The van der Waals surface area contributed by atoms with Crippen LogP contribution in [0.2, 0.25) is 0 Å². The molecule has 7 nitrogen and oxygen atoms in total. The van der Waals surface area contributed by atoms with Crippen molar-refractivity contribution < 1.29 is 29.4 Å². The molecule has 5 aliphatic rings. The SMILES string of the molecule is C[C@H](CCC(=O)ON1C(=O)CCC1=O)[C@H]1CCC2C3C(CC[C@@]21C)[C@@]1(C)CC[C@@H](O)CC1C[C@H]3O. The zero-order chi connectivity index (χ0) is 25.1. The summed E-state index contributed by atoms with van der Waals surface area (Å²) in [5.41, 5.74) is 0.381. The summed E-state index contributed by atoms with van der Waals surface area (Å²) < 4.78 is 0. The molecule has 35 heavy (non-hydrogen) atoms. The number of aliphatic hydroxyl groups is 2. The van der Waals surface area contributed by atoms with Crippen LogP contribution < -0.4 is 0 Å². The first-order valence-electron chi connectivity index (χ1n) is 14.0. The molecule has 4 aliphatic carbocycles. The molecule has 7 heteroatoms. The second-order valence-electron chi connectivity index (χ2n) is 13.0. The zero-order valence-corrected chi connectivity index (χ0v) is 21.6. The molecule has 0 bridgehead atoms. The van der Waals surface area contributed by atoms with Gasteiger partial charge in [-0.1, -0.05) is 20.8 Å². The Bertz CT molecular complexity index is 860. The highest BCUT2D eigenvalue weighted by molar-refractivity contribution is 6.01. The van der Waals surface area contributed by atoms with Gasteiger partial charge in [0.05, 0.1) is 12.2 Å². The number of hydroxylamine groups is 2. The molecule has 1 heterocycles. The molecular weight excluding hydrogens is 446 g/mol. The fourth-order valence-corrected chi connectivity index (χ4v) is 9.53. The molecule has 1 aliphatic heterocycles. The Morgan fingerprint density at radius 1 is 1.00 bits per heavy atom. The van der Waals surface area contributed by atoms with Gasteiger partial charge in [0.25, 0.3) is 11.8 Å². The molecule has 0 spiro atoms. The lowest BCUT2D eigenvalue weighted by molar-refractivity contribution is -0.197. The van der Waals surface area contributed by atoms with Crippen molar-refractivity contribution in [2.24, 2.45) is 46.3 Å². The Kier molecular flexibility index (Phi) is 6.57. The zero-order valence-electron chi connectivity index (χ0n) is 21.6. The Labute approximate surface area is 208 Å². The number of imide groups is 1. The molecule has 196 valence electrons. The van der Waals surface area contributed by atoms with Crippen LogP contribution in [-0.2, 0) is 19.2 Å². The van der Waals surface area contributed by atoms with Crippen LogP contribution in [0.1, 0.15) is 97.8 Å². The fraction of sp³-hybridized carbons (Fsp3) is 0.893. The highest BCUT2D eigenvalue weighted by atomic mass is 16.7. The Hall–Kier alpha value is -1.47. The number of fused-ring (bicyclic) bond motifs is 5. The second-order valence-corrected chi connectivity index (χ2v) is 13.0. The van der Waals surface area contributed by atoms with Crippen LogP contribution in [0.25, 0.3) is 0 Å². The molecule has 0 radical (unpaired) electrons. The summed E-state index contributed by atoms with van der Waals surface area (Å²) in [6.07, 6.45) is 8.77. The molecule has 0 aromatic heterocycles. The Balaban J connectivity index is 1.23. The molecule has 2 amide bonds. The minimum Gasteiger partial charge on any atom is -0.393 e. The molecule has 4 unspecified atom stereocenters. The molecule has 5 rings (SSSR count). The standard InChI is InChI=1S/C28H43NO6/c1-16(4-9-25(34)35-29-23(32)7-8-24(29)33)19-5-6-20-26-21(11-13-28(19,20)3)27(2)12-10-18(30)14-17(27)15-22(26)31/h16-22,26,30-31H,4-15H2,1-3H3/t16-,17?,18-,19-,20?,21?,22-,26?,27+,28-/m1/s1. The minimum absolute atomic E-state index is 0.110. The first-order chi connectivity index (χ1) is 16.5. The van der Waals surface area contributed by atoms with Gasteiger partial charge in [-0.2, -0.15) is 0 Å². The number of hydrogen-bond acceptors (Lipinski definition) is 6. The van der Waals surface area contributed by atoms with E-state index < -0.39 is 17.8 Å². The summed E-state index contributed by atoms with van der Waals surface area (Å²) in [6, 6.07) is 0. The maximum atomic E-state index is 12.4. The summed E-state index contributed by atoms with van der Waals surface area (Å²) in [6.45, 7) is 7.08. The van der Waals surface area contributed by atoms with Gasteiger partial charge in [-0.3, -0.25) is 9.59 Å². The summed E-state index contributed by atoms with van der Waals surface area (Å²) in [5, 5.41) is 22.3. The molecule has 0 aromatic carbocycles. The first-order valence-corrected chi connectivity index (χ1v) is 14.0. The third-order valence-electron chi connectivity index (χ3n) is 11.4. The van der Waals surface area contributed by atoms with E-state index in [1.54, 1.807) is 0 Å². The topological polar surface area (TPSA) is 104 Å². The number of carbonyl (C=O) groups is 3. The van der Waals surface area contributed by atoms with E-state index in [9.17, 15) is 24.6 Å². The van der Waals surface area contributed by atoms with Gasteiger partial charge >= 0.3 is 5.97 Å². The van der Waals surface area contributed by atoms with Gasteiger partial charge in [-0.05, 0) is 104 Å². The van der Waals surface area contributed by atoms with Crippen LogP contribution in [0.15, 0.2) is 0 Å². The van der Waals surface area contributed by atoms with Crippen LogP contribution in [0.4, 0.5) is 0 Å². The Morgan fingerprint density at radius 3 is 2.37 bits per heavy atom. The predicted molar refractivity (Wildman–Crippen MR) is 128 cm³/mol. The summed E-state index contributed by atoms with van der Waals surface area (Å²) >= 11 is 0. The molecule has 2 N–H and O–H groups in total. The number of hydrogen-bond donors (Lipinski definition) is 2. The Morgan fingerprint density at radius 2 is 1.66 bits per heavy atom. The third-order valence-corrected chi connectivity index (χ3v) is 11.4. The predicted octanol–water partition coefficient (Wildman–Crippen LogP) is 4.00.